The van der Waals surface area contributed by atoms with Gasteiger partial charge in [-0.25, -0.2) is 4.98 Å². The fraction of sp³-hybridized carbons (Fsp3) is 0.692. The number of hydrogen-bond donors (Lipinski definition) is 2. The van der Waals surface area contributed by atoms with Crippen molar-refractivity contribution in [2.45, 2.75) is 57.0 Å². The van der Waals surface area contributed by atoms with Gasteiger partial charge in [0.1, 0.15) is 5.01 Å². The van der Waals surface area contributed by atoms with Crippen molar-refractivity contribution in [1.29, 1.82) is 0 Å². The topological polar surface area (TPSA) is 68.0 Å². The predicted molar refractivity (Wildman–Crippen MR) is 73.3 cm³/mol. The molecule has 1 fully saturated rings. The highest BCUT2D eigenvalue weighted by Gasteiger charge is 2.34. The molecule has 0 spiro atoms. The Morgan fingerprint density at radius 3 is 2.78 bits per heavy atom. The van der Waals surface area contributed by atoms with E-state index in [0.29, 0.717) is 6.42 Å². The van der Waals surface area contributed by atoms with Crippen LogP contribution in [-0.4, -0.2) is 16.4 Å². The second-order valence-electron chi connectivity index (χ2n) is 5.76. The number of nitrogens with two attached hydrogens (primary N) is 1. The van der Waals surface area contributed by atoms with Crippen molar-refractivity contribution in [3.8, 4) is 0 Å². The molecule has 0 aliphatic heterocycles. The molecule has 1 heterocycles. The number of nitrogens with one attached hydrogen (secondary N) is 1. The molecule has 0 saturated heterocycles. The largest absolute Gasteiger partial charge is 0.345 e. The average molecular weight is 267 g/mol. The molecule has 5 heteroatoms. The summed E-state index contributed by atoms with van der Waals surface area (Å²) in [5.74, 6) is 0.0274. The molecule has 1 aliphatic rings. The summed E-state index contributed by atoms with van der Waals surface area (Å²) in [6, 6.07) is 0. The summed E-state index contributed by atoms with van der Waals surface area (Å²) >= 11 is 1.56. The van der Waals surface area contributed by atoms with E-state index in [4.69, 9.17) is 5.73 Å². The monoisotopic (exact) mass is 267 g/mol. The number of aromatic nitrogens is 1. The highest BCUT2D eigenvalue weighted by molar-refractivity contribution is 7.09. The van der Waals surface area contributed by atoms with Crippen LogP contribution < -0.4 is 11.1 Å². The molecule has 0 bridgehead atoms. The second-order valence-corrected chi connectivity index (χ2v) is 6.65. The van der Waals surface area contributed by atoms with E-state index in [-0.39, 0.29) is 11.4 Å². The highest BCUT2D eigenvalue weighted by atomic mass is 32.1. The molecule has 1 amide bonds. The molecular formula is C13H21N3OS. The van der Waals surface area contributed by atoms with Gasteiger partial charge >= 0.3 is 0 Å². The maximum atomic E-state index is 12.1. The van der Waals surface area contributed by atoms with Gasteiger partial charge in [0.2, 0.25) is 5.91 Å². The predicted octanol–water partition coefficient (Wildman–Crippen LogP) is 2.16. The van der Waals surface area contributed by atoms with E-state index in [1.165, 1.54) is 0 Å². The first-order valence-electron chi connectivity index (χ1n) is 6.41. The van der Waals surface area contributed by atoms with Crippen molar-refractivity contribution in [2.75, 3.05) is 0 Å². The molecule has 0 aromatic carbocycles. The van der Waals surface area contributed by atoms with E-state index in [2.05, 4.69) is 10.3 Å². The van der Waals surface area contributed by atoms with E-state index in [0.717, 1.165) is 30.7 Å². The first-order chi connectivity index (χ1) is 8.41. The molecule has 2 rings (SSSR count). The third kappa shape index (κ3) is 3.09. The van der Waals surface area contributed by atoms with Crippen molar-refractivity contribution < 1.29 is 4.79 Å². The number of amides is 1. The van der Waals surface area contributed by atoms with E-state index >= 15 is 0 Å². The normalized spacial score (nSPS) is 18.8. The minimum Gasteiger partial charge on any atom is -0.345 e. The van der Waals surface area contributed by atoms with Crippen LogP contribution in [0.5, 0.6) is 0 Å². The van der Waals surface area contributed by atoms with Gasteiger partial charge in [-0.2, -0.15) is 0 Å². The molecule has 3 N–H and O–H groups in total. The van der Waals surface area contributed by atoms with Gasteiger partial charge in [0, 0.05) is 23.5 Å². The van der Waals surface area contributed by atoms with Gasteiger partial charge in [-0.1, -0.05) is 12.8 Å². The summed E-state index contributed by atoms with van der Waals surface area (Å²) < 4.78 is 0. The zero-order valence-corrected chi connectivity index (χ0v) is 11.8. The first kappa shape index (κ1) is 13.5. The van der Waals surface area contributed by atoms with Gasteiger partial charge in [-0.05, 0) is 26.7 Å². The average Bonchev–Trinajstić information content (AvgIpc) is 2.87. The van der Waals surface area contributed by atoms with E-state index in [1.54, 1.807) is 17.5 Å². The highest BCUT2D eigenvalue weighted by Crippen LogP contribution is 2.30. The summed E-state index contributed by atoms with van der Waals surface area (Å²) in [6.07, 6.45) is 6.37. The lowest BCUT2D eigenvalue weighted by atomic mass is 9.93. The molecule has 1 saturated carbocycles. The van der Waals surface area contributed by atoms with Crippen molar-refractivity contribution in [2.24, 2.45) is 5.73 Å². The molecule has 100 valence electrons. The maximum Gasteiger partial charge on any atom is 0.222 e. The number of nitrogens with zero attached hydrogens (tertiary/aromatic N) is 1. The van der Waals surface area contributed by atoms with Crippen LogP contribution in [-0.2, 0) is 10.3 Å². The van der Waals surface area contributed by atoms with Crippen LogP contribution in [0.15, 0.2) is 11.6 Å². The fourth-order valence-corrected chi connectivity index (χ4v) is 3.27. The number of rotatable bonds is 4. The van der Waals surface area contributed by atoms with Crippen LogP contribution in [0.25, 0.3) is 0 Å². The zero-order valence-electron chi connectivity index (χ0n) is 11.0. The molecule has 18 heavy (non-hydrogen) atoms. The number of carbonyl (C=O) groups is 1. The van der Waals surface area contributed by atoms with Crippen LogP contribution in [0, 0.1) is 0 Å². The van der Waals surface area contributed by atoms with Crippen LogP contribution in [0.4, 0.5) is 0 Å². The summed E-state index contributed by atoms with van der Waals surface area (Å²) in [7, 11) is 0. The smallest absolute Gasteiger partial charge is 0.222 e. The Bertz CT molecular complexity index is 408. The quantitative estimate of drug-likeness (QED) is 0.878. The first-order valence-corrected chi connectivity index (χ1v) is 7.29. The summed E-state index contributed by atoms with van der Waals surface area (Å²) in [5.41, 5.74) is 5.52. The van der Waals surface area contributed by atoms with Crippen LogP contribution in [0.3, 0.4) is 0 Å². The lowest BCUT2D eigenvalue weighted by Gasteiger charge is -2.28. The summed E-state index contributed by atoms with van der Waals surface area (Å²) in [4.78, 5) is 16.4. The van der Waals surface area contributed by atoms with Crippen LogP contribution in [0.2, 0.25) is 0 Å². The van der Waals surface area contributed by atoms with Gasteiger partial charge in [0.15, 0.2) is 0 Å². The van der Waals surface area contributed by atoms with Gasteiger partial charge in [0.25, 0.3) is 0 Å². The van der Waals surface area contributed by atoms with Gasteiger partial charge in [-0.3, -0.25) is 4.79 Å². The minimum atomic E-state index is -0.416. The Kier molecular flexibility index (Phi) is 3.73. The van der Waals surface area contributed by atoms with Gasteiger partial charge in [0.05, 0.1) is 5.54 Å². The molecule has 0 radical (unpaired) electrons. The van der Waals surface area contributed by atoms with E-state index < -0.39 is 5.54 Å². The van der Waals surface area contributed by atoms with Crippen molar-refractivity contribution in [1.82, 2.24) is 10.3 Å². The molecule has 0 unspecified atom stereocenters. The van der Waals surface area contributed by atoms with E-state index in [1.807, 2.05) is 19.2 Å². The second kappa shape index (κ2) is 4.97. The molecule has 0 atom stereocenters. The molecule has 1 aromatic heterocycles. The van der Waals surface area contributed by atoms with Crippen molar-refractivity contribution in [3.05, 3.63) is 16.6 Å². The van der Waals surface area contributed by atoms with Crippen molar-refractivity contribution in [3.63, 3.8) is 0 Å². The molecule has 1 aliphatic carbocycles. The number of carbonyl (C=O) groups excluding carboxylic acids is 1. The van der Waals surface area contributed by atoms with Gasteiger partial charge < -0.3 is 11.1 Å². The van der Waals surface area contributed by atoms with Gasteiger partial charge in [-0.15, -0.1) is 11.3 Å². The van der Waals surface area contributed by atoms with E-state index in [9.17, 15) is 4.79 Å². The Morgan fingerprint density at radius 2 is 2.22 bits per heavy atom. The van der Waals surface area contributed by atoms with Crippen molar-refractivity contribution >= 4 is 17.2 Å². The summed E-state index contributed by atoms with van der Waals surface area (Å²) in [6.45, 7) is 3.95. The Balaban J connectivity index is 1.95. The minimum absolute atomic E-state index is 0.0274. The molecule has 1 aromatic rings. The third-order valence-corrected chi connectivity index (χ3v) is 4.63. The third-order valence-electron chi connectivity index (χ3n) is 3.53. The summed E-state index contributed by atoms with van der Waals surface area (Å²) in [5, 5.41) is 5.89. The standard InChI is InChI=1S/C13H21N3OS/c1-12(2,11-15-7-8-18-11)16-10(17)9-13(14)5-3-4-6-13/h7-8H,3-6,9,14H2,1-2H3,(H,16,17). The van der Waals surface area contributed by atoms with Crippen LogP contribution in [0.1, 0.15) is 51.0 Å². The molecule has 4 nitrogen and oxygen atoms in total. The fourth-order valence-electron chi connectivity index (χ4n) is 2.55. The number of thiazole rings is 1. The molecular weight excluding hydrogens is 246 g/mol. The SMILES string of the molecule is CC(C)(NC(=O)CC1(N)CCCC1)c1nccs1. The lowest BCUT2D eigenvalue weighted by molar-refractivity contribution is -0.123. The zero-order chi connectivity index (χ0) is 13.2. The Morgan fingerprint density at radius 1 is 1.56 bits per heavy atom. The Hall–Kier alpha value is -0.940. The number of hydrogen-bond acceptors (Lipinski definition) is 4. The lowest BCUT2D eigenvalue weighted by Crippen LogP contribution is -2.47. The Labute approximate surface area is 112 Å². The van der Waals surface area contributed by atoms with Crippen LogP contribution >= 0.6 is 11.3 Å². The maximum absolute atomic E-state index is 12.1.